The van der Waals surface area contributed by atoms with E-state index in [0.29, 0.717) is 40.3 Å². The van der Waals surface area contributed by atoms with Gasteiger partial charge >= 0.3 is 0 Å². The molecule has 0 spiro atoms. The zero-order valence-corrected chi connectivity index (χ0v) is 17.9. The molecule has 164 valence electrons. The first-order valence-electron chi connectivity index (χ1n) is 10.5. The number of aromatic nitrogens is 4. The fourth-order valence-corrected chi connectivity index (χ4v) is 3.28. The summed E-state index contributed by atoms with van der Waals surface area (Å²) in [5, 5.41) is 2.92. The molecule has 0 atom stereocenters. The summed E-state index contributed by atoms with van der Waals surface area (Å²) < 4.78 is 19.3. The van der Waals surface area contributed by atoms with Crippen LogP contribution in [0.3, 0.4) is 0 Å². The Kier molecular flexibility index (Phi) is 6.39. The standard InChI is InChI=1S/C24H24FN5O2/c1-15(2)32-24-22(16-5-8-18(25)9-6-16)29-21-12-17(7-10-20(21)30-24)23(31)27-11-3-4-19-13-26-14-28-19/h5-10,12-15H,3-4,11H2,1-2H3,(H,26,28)(H,27,31). The number of carbonyl (C=O) groups is 1. The number of hydrogen-bond donors (Lipinski definition) is 2. The van der Waals surface area contributed by atoms with Gasteiger partial charge in [0.1, 0.15) is 11.5 Å². The van der Waals surface area contributed by atoms with Crippen molar-refractivity contribution in [2.24, 2.45) is 0 Å². The van der Waals surface area contributed by atoms with Crippen LogP contribution in [0.2, 0.25) is 0 Å². The topological polar surface area (TPSA) is 92.8 Å². The highest BCUT2D eigenvalue weighted by atomic mass is 19.1. The largest absolute Gasteiger partial charge is 0.473 e. The van der Waals surface area contributed by atoms with Crippen LogP contribution >= 0.6 is 0 Å². The summed E-state index contributed by atoms with van der Waals surface area (Å²) in [5.74, 6) is -0.142. The Balaban J connectivity index is 1.56. The smallest absolute Gasteiger partial charge is 0.251 e. The van der Waals surface area contributed by atoms with Gasteiger partial charge in [0.25, 0.3) is 5.91 Å². The van der Waals surface area contributed by atoms with Gasteiger partial charge < -0.3 is 15.0 Å². The van der Waals surface area contributed by atoms with Gasteiger partial charge in [0, 0.05) is 23.9 Å². The van der Waals surface area contributed by atoms with Gasteiger partial charge in [-0.3, -0.25) is 4.79 Å². The molecule has 2 N–H and O–H groups in total. The maximum atomic E-state index is 13.4. The van der Waals surface area contributed by atoms with Crippen LogP contribution in [0.1, 0.15) is 36.3 Å². The van der Waals surface area contributed by atoms with Crippen molar-refractivity contribution in [3.8, 4) is 17.1 Å². The monoisotopic (exact) mass is 433 g/mol. The van der Waals surface area contributed by atoms with Crippen molar-refractivity contribution in [1.82, 2.24) is 25.3 Å². The van der Waals surface area contributed by atoms with Crippen molar-refractivity contribution in [3.63, 3.8) is 0 Å². The Morgan fingerprint density at radius 2 is 1.94 bits per heavy atom. The fraction of sp³-hybridized carbons (Fsp3) is 0.250. The first kappa shape index (κ1) is 21.4. The van der Waals surface area contributed by atoms with Gasteiger partial charge in [0.15, 0.2) is 0 Å². The maximum absolute atomic E-state index is 13.4. The van der Waals surface area contributed by atoms with E-state index in [1.165, 1.54) is 12.1 Å². The Morgan fingerprint density at radius 1 is 1.12 bits per heavy atom. The van der Waals surface area contributed by atoms with E-state index in [-0.39, 0.29) is 17.8 Å². The molecular formula is C24H24FN5O2. The summed E-state index contributed by atoms with van der Waals surface area (Å²) in [6.45, 7) is 4.34. The quantitative estimate of drug-likeness (QED) is 0.404. The first-order valence-corrected chi connectivity index (χ1v) is 10.5. The van der Waals surface area contributed by atoms with Gasteiger partial charge in [-0.15, -0.1) is 0 Å². The van der Waals surface area contributed by atoms with E-state index in [1.807, 2.05) is 20.0 Å². The third kappa shape index (κ3) is 5.08. The Morgan fingerprint density at radius 3 is 2.66 bits per heavy atom. The molecule has 2 aromatic carbocycles. The normalized spacial score (nSPS) is 11.1. The molecule has 0 unspecified atom stereocenters. The third-order valence-corrected chi connectivity index (χ3v) is 4.81. The molecule has 0 fully saturated rings. The zero-order valence-electron chi connectivity index (χ0n) is 17.9. The second kappa shape index (κ2) is 9.55. The third-order valence-electron chi connectivity index (χ3n) is 4.81. The number of nitrogens with one attached hydrogen (secondary N) is 2. The van der Waals surface area contributed by atoms with Gasteiger partial charge in [-0.2, -0.15) is 0 Å². The highest BCUT2D eigenvalue weighted by Gasteiger charge is 2.15. The lowest BCUT2D eigenvalue weighted by Crippen LogP contribution is -2.24. The number of H-pyrrole nitrogens is 1. The van der Waals surface area contributed by atoms with Crippen molar-refractivity contribution in [3.05, 3.63) is 72.1 Å². The fourth-order valence-electron chi connectivity index (χ4n) is 3.28. The molecule has 0 aliphatic heterocycles. The average molecular weight is 433 g/mol. The van der Waals surface area contributed by atoms with E-state index < -0.39 is 0 Å². The van der Waals surface area contributed by atoms with Crippen LogP contribution in [0.4, 0.5) is 4.39 Å². The second-order valence-corrected chi connectivity index (χ2v) is 7.67. The summed E-state index contributed by atoms with van der Waals surface area (Å²) in [4.78, 5) is 29.0. The molecule has 0 saturated heterocycles. The Bertz CT molecular complexity index is 1210. The van der Waals surface area contributed by atoms with E-state index in [0.717, 1.165) is 18.5 Å². The molecule has 0 aliphatic carbocycles. The number of rotatable bonds is 8. The van der Waals surface area contributed by atoms with Gasteiger partial charge in [-0.1, -0.05) is 0 Å². The number of fused-ring (bicyclic) bond motifs is 1. The minimum Gasteiger partial charge on any atom is -0.473 e. The van der Waals surface area contributed by atoms with Crippen LogP contribution in [-0.4, -0.2) is 38.5 Å². The zero-order chi connectivity index (χ0) is 22.5. The lowest BCUT2D eigenvalue weighted by atomic mass is 10.1. The molecular weight excluding hydrogens is 409 g/mol. The van der Waals surface area contributed by atoms with Crippen molar-refractivity contribution in [2.75, 3.05) is 6.54 Å². The van der Waals surface area contributed by atoms with Gasteiger partial charge in [0.05, 0.1) is 29.2 Å². The summed E-state index contributed by atoms with van der Waals surface area (Å²) >= 11 is 0. The van der Waals surface area contributed by atoms with Crippen molar-refractivity contribution in [1.29, 1.82) is 0 Å². The Hall–Kier alpha value is -3.81. The van der Waals surface area contributed by atoms with E-state index in [4.69, 9.17) is 9.72 Å². The summed E-state index contributed by atoms with van der Waals surface area (Å²) in [7, 11) is 0. The van der Waals surface area contributed by atoms with Crippen LogP contribution in [0.15, 0.2) is 55.0 Å². The molecule has 0 aliphatic rings. The lowest BCUT2D eigenvalue weighted by molar-refractivity contribution is 0.0953. The van der Waals surface area contributed by atoms with Gasteiger partial charge in [-0.25, -0.2) is 19.3 Å². The number of nitrogens with zero attached hydrogens (tertiary/aromatic N) is 3. The summed E-state index contributed by atoms with van der Waals surface area (Å²) in [5.41, 5.74) is 3.82. The SMILES string of the molecule is CC(C)Oc1nc2ccc(C(=O)NCCCc3c[nH]cn3)cc2nc1-c1ccc(F)cc1. The number of imidazole rings is 1. The molecule has 8 heteroatoms. The number of ether oxygens (including phenoxy) is 1. The summed E-state index contributed by atoms with van der Waals surface area (Å²) in [6, 6.07) is 11.2. The molecule has 4 aromatic rings. The molecule has 7 nitrogen and oxygen atoms in total. The van der Waals surface area contributed by atoms with Gasteiger partial charge in [0.2, 0.25) is 5.88 Å². The predicted octanol–water partition coefficient (Wildman–Crippen LogP) is 4.31. The molecule has 0 radical (unpaired) electrons. The van der Waals surface area contributed by atoms with Crippen LogP contribution in [0, 0.1) is 5.82 Å². The maximum Gasteiger partial charge on any atom is 0.251 e. The van der Waals surface area contributed by atoms with Crippen molar-refractivity contribution >= 4 is 16.9 Å². The second-order valence-electron chi connectivity index (χ2n) is 7.67. The number of halogens is 1. The highest BCUT2D eigenvalue weighted by Crippen LogP contribution is 2.30. The minimum atomic E-state index is -0.333. The van der Waals surface area contributed by atoms with Crippen LogP contribution < -0.4 is 10.1 Å². The Labute approximate surface area is 185 Å². The van der Waals surface area contributed by atoms with Crippen molar-refractivity contribution < 1.29 is 13.9 Å². The van der Waals surface area contributed by atoms with Crippen LogP contribution in [0.5, 0.6) is 5.88 Å². The summed E-state index contributed by atoms with van der Waals surface area (Å²) in [6.07, 6.45) is 4.95. The lowest BCUT2D eigenvalue weighted by Gasteiger charge is -2.14. The molecule has 0 saturated carbocycles. The molecule has 2 aromatic heterocycles. The van der Waals surface area contributed by atoms with Crippen LogP contribution in [-0.2, 0) is 6.42 Å². The number of hydrogen-bond acceptors (Lipinski definition) is 5. The van der Waals surface area contributed by atoms with E-state index in [1.54, 1.807) is 36.7 Å². The van der Waals surface area contributed by atoms with E-state index in [9.17, 15) is 9.18 Å². The molecule has 4 rings (SSSR count). The van der Waals surface area contributed by atoms with Gasteiger partial charge in [-0.05, 0) is 69.2 Å². The molecule has 32 heavy (non-hydrogen) atoms. The predicted molar refractivity (Wildman–Crippen MR) is 120 cm³/mol. The molecule has 1 amide bonds. The number of aryl methyl sites for hydroxylation is 1. The first-order chi connectivity index (χ1) is 15.5. The van der Waals surface area contributed by atoms with Crippen molar-refractivity contribution in [2.45, 2.75) is 32.8 Å². The number of aromatic amines is 1. The molecule has 0 bridgehead atoms. The highest BCUT2D eigenvalue weighted by molar-refractivity contribution is 5.97. The number of amides is 1. The average Bonchev–Trinajstić information content (AvgIpc) is 3.29. The minimum absolute atomic E-state index is 0.104. The molecule has 2 heterocycles. The number of carbonyl (C=O) groups excluding carboxylic acids is 1. The van der Waals surface area contributed by atoms with E-state index in [2.05, 4.69) is 20.3 Å². The van der Waals surface area contributed by atoms with Crippen LogP contribution in [0.25, 0.3) is 22.3 Å². The number of benzene rings is 2. The van der Waals surface area contributed by atoms with E-state index >= 15 is 0 Å².